The van der Waals surface area contributed by atoms with E-state index in [1.165, 1.54) is 19.2 Å². The highest BCUT2D eigenvalue weighted by Crippen LogP contribution is 2.35. The molecule has 160 valence electrons. The summed E-state index contributed by atoms with van der Waals surface area (Å²) in [4.78, 5) is 33.8. The fourth-order valence-corrected chi connectivity index (χ4v) is 4.49. The predicted octanol–water partition coefficient (Wildman–Crippen LogP) is 1.46. The highest BCUT2D eigenvalue weighted by Gasteiger charge is 2.38. The molecule has 3 aliphatic rings. The maximum absolute atomic E-state index is 12.8. The van der Waals surface area contributed by atoms with E-state index in [4.69, 9.17) is 9.15 Å². The molecule has 2 aliphatic heterocycles. The molecule has 0 radical (unpaired) electrons. The smallest absolute Gasteiger partial charge is 0.273 e. The molecule has 0 spiro atoms. The van der Waals surface area contributed by atoms with E-state index < -0.39 is 0 Å². The molecule has 1 aromatic rings. The van der Waals surface area contributed by atoms with E-state index in [2.05, 4.69) is 15.2 Å². The van der Waals surface area contributed by atoms with Crippen LogP contribution >= 0.6 is 0 Å². The van der Waals surface area contributed by atoms with Gasteiger partial charge in [0.25, 0.3) is 5.91 Å². The quantitative estimate of drug-likeness (QED) is 0.706. The number of oxazole rings is 1. The maximum atomic E-state index is 12.8. The lowest BCUT2D eigenvalue weighted by molar-refractivity contribution is -0.136. The Morgan fingerprint density at radius 1 is 1.17 bits per heavy atom. The maximum Gasteiger partial charge on any atom is 0.273 e. The molecule has 2 atom stereocenters. The highest BCUT2D eigenvalue weighted by molar-refractivity contribution is 5.93. The van der Waals surface area contributed by atoms with Crippen molar-refractivity contribution in [2.45, 2.75) is 57.5 Å². The molecule has 29 heavy (non-hydrogen) atoms. The number of ether oxygens (including phenoxy) is 1. The van der Waals surface area contributed by atoms with E-state index in [1.54, 1.807) is 0 Å². The topological polar surface area (TPSA) is 87.9 Å². The van der Waals surface area contributed by atoms with E-state index in [0.29, 0.717) is 57.1 Å². The van der Waals surface area contributed by atoms with Crippen LogP contribution in [-0.2, 0) is 16.0 Å². The number of nitrogens with one attached hydrogen (secondary N) is 1. The minimum absolute atomic E-state index is 0.171. The first-order valence-corrected chi connectivity index (χ1v) is 11.0. The fraction of sp³-hybridized carbons (Fsp3) is 0.762. The zero-order valence-electron chi connectivity index (χ0n) is 17.3. The lowest BCUT2D eigenvalue weighted by Gasteiger charge is -2.33. The van der Waals surface area contributed by atoms with E-state index in [-0.39, 0.29) is 23.9 Å². The van der Waals surface area contributed by atoms with Gasteiger partial charge in [0.1, 0.15) is 5.76 Å². The van der Waals surface area contributed by atoms with E-state index in [9.17, 15) is 9.59 Å². The van der Waals surface area contributed by atoms with Crippen molar-refractivity contribution in [1.82, 2.24) is 20.1 Å². The molecule has 8 heteroatoms. The Hall–Kier alpha value is -1.93. The SMILES string of the molecule is CCc1ocnc1C(=O)NC[C@@H]1CC[C@H](CC(=O)N2CCOCC2)N1CC1CC1. The normalized spacial score (nSPS) is 25.3. The molecule has 0 bridgehead atoms. The zero-order valence-corrected chi connectivity index (χ0v) is 17.3. The monoisotopic (exact) mass is 404 g/mol. The van der Waals surface area contributed by atoms with Crippen molar-refractivity contribution in [2.24, 2.45) is 5.92 Å². The number of hydrogen-bond acceptors (Lipinski definition) is 6. The summed E-state index contributed by atoms with van der Waals surface area (Å²) in [6.45, 7) is 6.24. The van der Waals surface area contributed by atoms with Crippen LogP contribution in [0.3, 0.4) is 0 Å². The third-order valence-corrected chi connectivity index (χ3v) is 6.39. The molecule has 3 fully saturated rings. The van der Waals surface area contributed by atoms with Crippen molar-refractivity contribution in [2.75, 3.05) is 39.4 Å². The van der Waals surface area contributed by atoms with E-state index >= 15 is 0 Å². The number of hydrogen-bond donors (Lipinski definition) is 1. The van der Waals surface area contributed by atoms with Gasteiger partial charge in [0.15, 0.2) is 12.1 Å². The second-order valence-electron chi connectivity index (χ2n) is 8.41. The Bertz CT molecular complexity index is 711. The van der Waals surface area contributed by atoms with Gasteiger partial charge in [-0.25, -0.2) is 4.98 Å². The largest absolute Gasteiger partial charge is 0.448 e. The molecule has 1 saturated carbocycles. The third kappa shape index (κ3) is 4.98. The first-order valence-electron chi connectivity index (χ1n) is 11.0. The molecule has 1 aliphatic carbocycles. The van der Waals surface area contributed by atoms with Crippen molar-refractivity contribution < 1.29 is 18.7 Å². The van der Waals surface area contributed by atoms with Crippen molar-refractivity contribution in [3.05, 3.63) is 17.8 Å². The van der Waals surface area contributed by atoms with Crippen molar-refractivity contribution in [3.8, 4) is 0 Å². The molecule has 2 saturated heterocycles. The minimum atomic E-state index is -0.171. The summed E-state index contributed by atoms with van der Waals surface area (Å²) in [5.74, 6) is 1.43. The Labute approximate surface area is 172 Å². The summed E-state index contributed by atoms with van der Waals surface area (Å²) < 4.78 is 10.6. The number of likely N-dealkylation sites (tertiary alicyclic amines) is 1. The number of carbonyl (C=O) groups excluding carboxylic acids is 2. The lowest BCUT2D eigenvalue weighted by Crippen LogP contribution is -2.47. The second-order valence-corrected chi connectivity index (χ2v) is 8.41. The van der Waals surface area contributed by atoms with Crippen LogP contribution in [0.2, 0.25) is 0 Å². The molecule has 0 unspecified atom stereocenters. The molecular weight excluding hydrogens is 372 g/mol. The van der Waals surface area contributed by atoms with Gasteiger partial charge in [-0.3, -0.25) is 14.5 Å². The van der Waals surface area contributed by atoms with Gasteiger partial charge in [-0.15, -0.1) is 0 Å². The number of morpholine rings is 1. The Kier molecular flexibility index (Phi) is 6.50. The third-order valence-electron chi connectivity index (χ3n) is 6.39. The Morgan fingerprint density at radius 3 is 2.66 bits per heavy atom. The van der Waals surface area contributed by atoms with E-state index in [1.807, 2.05) is 11.8 Å². The molecule has 0 aromatic carbocycles. The number of aryl methyl sites for hydroxylation is 1. The predicted molar refractivity (Wildman–Crippen MR) is 106 cm³/mol. The number of rotatable bonds is 8. The van der Waals surface area contributed by atoms with Gasteiger partial charge in [-0.2, -0.15) is 0 Å². The second kappa shape index (κ2) is 9.26. The first kappa shape index (κ1) is 20.3. The van der Waals surface area contributed by atoms with Crippen LogP contribution in [0.15, 0.2) is 10.8 Å². The number of amides is 2. The lowest BCUT2D eigenvalue weighted by atomic mass is 10.1. The van der Waals surface area contributed by atoms with Crippen LogP contribution < -0.4 is 5.32 Å². The molecule has 2 amide bonds. The van der Waals surface area contributed by atoms with Gasteiger partial charge < -0.3 is 19.4 Å². The molecule has 8 nitrogen and oxygen atoms in total. The summed E-state index contributed by atoms with van der Waals surface area (Å²) in [6, 6.07) is 0.546. The summed E-state index contributed by atoms with van der Waals surface area (Å²) in [6.07, 6.45) is 7.11. The van der Waals surface area contributed by atoms with Gasteiger partial charge in [0, 0.05) is 51.1 Å². The summed E-state index contributed by atoms with van der Waals surface area (Å²) >= 11 is 0. The summed E-state index contributed by atoms with van der Waals surface area (Å²) in [5, 5.41) is 3.05. The van der Waals surface area contributed by atoms with Crippen LogP contribution in [-0.4, -0.2) is 78.1 Å². The van der Waals surface area contributed by atoms with Crippen LogP contribution in [0, 0.1) is 5.92 Å². The van der Waals surface area contributed by atoms with Crippen molar-refractivity contribution >= 4 is 11.8 Å². The van der Waals surface area contributed by atoms with Crippen molar-refractivity contribution in [1.29, 1.82) is 0 Å². The van der Waals surface area contributed by atoms with Crippen molar-refractivity contribution in [3.63, 3.8) is 0 Å². The summed E-state index contributed by atoms with van der Waals surface area (Å²) in [7, 11) is 0. The molecule has 1 aromatic heterocycles. The Balaban J connectivity index is 1.34. The highest BCUT2D eigenvalue weighted by atomic mass is 16.5. The summed E-state index contributed by atoms with van der Waals surface area (Å²) in [5.41, 5.74) is 0.387. The number of carbonyl (C=O) groups is 2. The number of nitrogens with zero attached hydrogens (tertiary/aromatic N) is 3. The average molecular weight is 405 g/mol. The minimum Gasteiger partial charge on any atom is -0.448 e. The van der Waals surface area contributed by atoms with Gasteiger partial charge >= 0.3 is 0 Å². The number of aromatic nitrogens is 1. The fourth-order valence-electron chi connectivity index (χ4n) is 4.49. The standard InChI is InChI=1S/C21H32N4O4/c1-2-18-20(23-14-29-18)21(27)22-12-17-6-5-16(25(17)13-15-3-4-15)11-19(26)24-7-9-28-10-8-24/h14-17H,2-13H2,1H3,(H,22,27)/t16-,17+/m1/s1. The Morgan fingerprint density at radius 2 is 1.93 bits per heavy atom. The molecule has 1 N–H and O–H groups in total. The molecule has 4 rings (SSSR count). The van der Waals surface area contributed by atoms with Gasteiger partial charge in [0.2, 0.25) is 5.91 Å². The van der Waals surface area contributed by atoms with Crippen LogP contribution in [0.1, 0.15) is 55.3 Å². The van der Waals surface area contributed by atoms with Gasteiger partial charge in [-0.05, 0) is 31.6 Å². The van der Waals surface area contributed by atoms with Crippen LogP contribution in [0.5, 0.6) is 0 Å². The molecular formula is C21H32N4O4. The zero-order chi connectivity index (χ0) is 20.2. The van der Waals surface area contributed by atoms with Gasteiger partial charge in [-0.1, -0.05) is 6.92 Å². The van der Waals surface area contributed by atoms with Crippen LogP contribution in [0.4, 0.5) is 0 Å². The van der Waals surface area contributed by atoms with Crippen LogP contribution in [0.25, 0.3) is 0 Å². The van der Waals surface area contributed by atoms with Gasteiger partial charge in [0.05, 0.1) is 13.2 Å². The first-order chi connectivity index (χ1) is 14.2. The van der Waals surface area contributed by atoms with E-state index in [0.717, 1.165) is 25.3 Å². The average Bonchev–Trinajstić information content (AvgIpc) is 3.30. The molecule has 3 heterocycles.